The molecule has 33 heavy (non-hydrogen) atoms. The monoisotopic (exact) mass is 455 g/mol. The van der Waals surface area contributed by atoms with Crippen LogP contribution in [0.25, 0.3) is 0 Å². The molecular weight excluding hydrogens is 414 g/mol. The van der Waals surface area contributed by atoms with Gasteiger partial charge in [0.2, 0.25) is 0 Å². The lowest BCUT2D eigenvalue weighted by Gasteiger charge is -2.58. The van der Waals surface area contributed by atoms with Crippen LogP contribution in [0.5, 0.6) is 0 Å². The number of allylic oxidation sites excluding steroid dienone is 4. The standard InChI is InChI=1S/C28H41NO4/c1-7-8-15-29(6)25(32)28(33-19(3)30)14-11-23-21-16-18(2)24-17-20(31)9-12-26(24,4)22(21)10-13-27(23,28)5/h16-17,21-23H,7-15H2,1-6H3/t21?,22?,23?,26-,27+,28-/m1/s1. The molecule has 0 aliphatic heterocycles. The number of hydrogen-bond acceptors (Lipinski definition) is 4. The highest BCUT2D eigenvalue weighted by Crippen LogP contribution is 2.68. The quantitative estimate of drug-likeness (QED) is 0.532. The molecule has 2 saturated carbocycles. The SMILES string of the molecule is CCCCN(C)C(=O)[C@]1(OC(C)=O)CCC2C3C=C(C)C4=CC(=O)CC[C@]4(C)C3CC[C@@]21C. The van der Waals surface area contributed by atoms with Crippen LogP contribution in [0.3, 0.4) is 0 Å². The number of amides is 1. The van der Waals surface area contributed by atoms with Crippen molar-refractivity contribution >= 4 is 17.7 Å². The van der Waals surface area contributed by atoms with Crippen LogP contribution in [0.15, 0.2) is 23.3 Å². The Hall–Kier alpha value is -1.91. The van der Waals surface area contributed by atoms with Crippen LogP contribution in [-0.4, -0.2) is 41.8 Å². The van der Waals surface area contributed by atoms with E-state index in [0.29, 0.717) is 31.2 Å². The van der Waals surface area contributed by atoms with Crippen molar-refractivity contribution < 1.29 is 19.1 Å². The maximum atomic E-state index is 13.9. The molecule has 0 aromatic carbocycles. The summed E-state index contributed by atoms with van der Waals surface area (Å²) in [4.78, 5) is 40.2. The van der Waals surface area contributed by atoms with Gasteiger partial charge in [0.05, 0.1) is 0 Å². The first-order chi connectivity index (χ1) is 15.5. The molecule has 0 spiro atoms. The Kier molecular flexibility index (Phi) is 6.16. The highest BCUT2D eigenvalue weighted by atomic mass is 16.6. The van der Waals surface area contributed by atoms with Crippen molar-refractivity contribution in [2.75, 3.05) is 13.6 Å². The maximum absolute atomic E-state index is 13.9. The van der Waals surface area contributed by atoms with E-state index >= 15 is 0 Å². The molecule has 0 heterocycles. The zero-order chi connectivity index (χ0) is 24.2. The lowest BCUT2D eigenvalue weighted by Crippen LogP contribution is -2.61. The first kappa shape index (κ1) is 24.2. The zero-order valence-corrected chi connectivity index (χ0v) is 21.3. The maximum Gasteiger partial charge on any atom is 0.303 e. The van der Waals surface area contributed by atoms with Crippen LogP contribution in [0.4, 0.5) is 0 Å². The highest BCUT2D eigenvalue weighted by Gasteiger charge is 2.69. The van der Waals surface area contributed by atoms with Gasteiger partial charge in [0, 0.05) is 32.4 Å². The minimum atomic E-state index is -1.09. The van der Waals surface area contributed by atoms with Crippen LogP contribution < -0.4 is 0 Å². The van der Waals surface area contributed by atoms with Gasteiger partial charge in [-0.3, -0.25) is 14.4 Å². The summed E-state index contributed by atoms with van der Waals surface area (Å²) in [6.45, 7) is 10.9. The normalized spacial score (nSPS) is 39.6. The van der Waals surface area contributed by atoms with E-state index in [1.807, 2.05) is 13.1 Å². The lowest BCUT2D eigenvalue weighted by molar-refractivity contribution is -0.193. The topological polar surface area (TPSA) is 63.7 Å². The van der Waals surface area contributed by atoms with Gasteiger partial charge in [-0.15, -0.1) is 0 Å². The number of rotatable bonds is 5. The van der Waals surface area contributed by atoms with E-state index in [9.17, 15) is 14.4 Å². The predicted octanol–water partition coefficient (Wildman–Crippen LogP) is 5.24. The van der Waals surface area contributed by atoms with Crippen LogP contribution in [-0.2, 0) is 19.1 Å². The van der Waals surface area contributed by atoms with Crippen molar-refractivity contribution in [3.05, 3.63) is 23.3 Å². The van der Waals surface area contributed by atoms with Crippen LogP contribution in [0.2, 0.25) is 0 Å². The van der Waals surface area contributed by atoms with Gasteiger partial charge in [0.15, 0.2) is 11.4 Å². The van der Waals surface area contributed by atoms with Gasteiger partial charge < -0.3 is 9.64 Å². The third-order valence-electron chi connectivity index (χ3n) is 9.81. The van der Waals surface area contributed by atoms with Gasteiger partial charge in [-0.1, -0.05) is 38.8 Å². The van der Waals surface area contributed by atoms with Crippen molar-refractivity contribution in [2.24, 2.45) is 28.6 Å². The Morgan fingerprint density at radius 3 is 2.52 bits per heavy atom. The van der Waals surface area contributed by atoms with Crippen molar-refractivity contribution in [2.45, 2.75) is 91.6 Å². The van der Waals surface area contributed by atoms with E-state index < -0.39 is 11.0 Å². The largest absolute Gasteiger partial charge is 0.449 e. The average molecular weight is 456 g/mol. The molecule has 1 amide bonds. The first-order valence-electron chi connectivity index (χ1n) is 12.9. The second kappa shape index (κ2) is 8.39. The Morgan fingerprint density at radius 1 is 1.15 bits per heavy atom. The number of nitrogens with zero attached hydrogens (tertiary/aromatic N) is 1. The average Bonchev–Trinajstić information content (AvgIpc) is 3.05. The molecule has 5 heteroatoms. The van der Waals surface area contributed by atoms with Gasteiger partial charge in [-0.25, -0.2) is 0 Å². The fourth-order valence-electron chi connectivity index (χ4n) is 8.03. The number of fused-ring (bicyclic) bond motifs is 5. The molecule has 0 N–H and O–H groups in total. The number of ketones is 1. The summed E-state index contributed by atoms with van der Waals surface area (Å²) >= 11 is 0. The molecule has 4 aliphatic carbocycles. The third kappa shape index (κ3) is 3.52. The summed E-state index contributed by atoms with van der Waals surface area (Å²) < 4.78 is 6.08. The molecular formula is C28H41NO4. The van der Waals surface area contributed by atoms with Crippen molar-refractivity contribution in [3.63, 3.8) is 0 Å². The molecule has 4 aliphatic rings. The molecule has 5 nitrogen and oxygen atoms in total. The number of esters is 1. The summed E-state index contributed by atoms with van der Waals surface area (Å²) in [5, 5.41) is 0. The number of ether oxygens (including phenoxy) is 1. The number of unbranched alkanes of at least 4 members (excludes halogenated alkanes) is 1. The van der Waals surface area contributed by atoms with E-state index in [1.54, 1.807) is 4.90 Å². The molecule has 182 valence electrons. The number of carbonyl (C=O) groups excluding carboxylic acids is 3. The number of carbonyl (C=O) groups is 3. The van der Waals surface area contributed by atoms with E-state index in [2.05, 4.69) is 33.8 Å². The smallest absolute Gasteiger partial charge is 0.303 e. The second-order valence-corrected chi connectivity index (χ2v) is 11.6. The van der Waals surface area contributed by atoms with Crippen molar-refractivity contribution in [3.8, 4) is 0 Å². The summed E-state index contributed by atoms with van der Waals surface area (Å²) in [6, 6.07) is 0. The Balaban J connectivity index is 1.74. The second-order valence-electron chi connectivity index (χ2n) is 11.6. The van der Waals surface area contributed by atoms with E-state index in [0.717, 1.165) is 38.5 Å². The van der Waals surface area contributed by atoms with Crippen molar-refractivity contribution in [1.29, 1.82) is 0 Å². The van der Waals surface area contributed by atoms with Crippen LogP contribution in [0, 0.1) is 28.6 Å². The van der Waals surface area contributed by atoms with E-state index in [-0.39, 0.29) is 29.0 Å². The first-order valence-corrected chi connectivity index (χ1v) is 12.9. The summed E-state index contributed by atoms with van der Waals surface area (Å²) in [5.41, 5.74) is 0.970. The molecule has 2 fully saturated rings. The van der Waals surface area contributed by atoms with Gasteiger partial charge >= 0.3 is 5.97 Å². The van der Waals surface area contributed by atoms with Gasteiger partial charge in [-0.05, 0) is 80.3 Å². The molecule has 0 radical (unpaired) electrons. The molecule has 0 saturated heterocycles. The number of hydrogen-bond donors (Lipinski definition) is 0. The summed E-state index contributed by atoms with van der Waals surface area (Å²) in [5.74, 6) is 0.926. The Labute approximate surface area is 199 Å². The minimum Gasteiger partial charge on any atom is -0.449 e. The van der Waals surface area contributed by atoms with Gasteiger partial charge in [-0.2, -0.15) is 0 Å². The molecule has 0 aromatic rings. The fraction of sp³-hybridized carbons (Fsp3) is 0.750. The minimum absolute atomic E-state index is 0.00729. The predicted molar refractivity (Wildman–Crippen MR) is 128 cm³/mol. The van der Waals surface area contributed by atoms with Crippen molar-refractivity contribution in [1.82, 2.24) is 4.90 Å². The molecule has 4 rings (SSSR count). The van der Waals surface area contributed by atoms with Crippen LogP contribution >= 0.6 is 0 Å². The summed E-state index contributed by atoms with van der Waals surface area (Å²) in [6.07, 6.45) is 11.1. The fourth-order valence-corrected chi connectivity index (χ4v) is 8.03. The Morgan fingerprint density at radius 2 is 1.85 bits per heavy atom. The van der Waals surface area contributed by atoms with E-state index in [1.165, 1.54) is 18.1 Å². The van der Waals surface area contributed by atoms with Gasteiger partial charge in [0.1, 0.15) is 0 Å². The number of likely N-dealkylation sites (N-methyl/N-ethyl adjacent to an activating group) is 1. The van der Waals surface area contributed by atoms with E-state index in [4.69, 9.17) is 4.74 Å². The van der Waals surface area contributed by atoms with Gasteiger partial charge in [0.25, 0.3) is 5.91 Å². The molecule has 0 aromatic heterocycles. The molecule has 3 unspecified atom stereocenters. The molecule has 6 atom stereocenters. The third-order valence-corrected chi connectivity index (χ3v) is 9.81. The lowest BCUT2D eigenvalue weighted by atomic mass is 9.47. The van der Waals surface area contributed by atoms with Crippen LogP contribution in [0.1, 0.15) is 86.0 Å². The Bertz CT molecular complexity index is 919. The highest BCUT2D eigenvalue weighted by molar-refractivity contribution is 5.92. The zero-order valence-electron chi connectivity index (χ0n) is 21.3. The molecule has 0 bridgehead atoms. The summed E-state index contributed by atoms with van der Waals surface area (Å²) in [7, 11) is 1.85.